The third-order valence-electron chi connectivity index (χ3n) is 2.71. The van der Waals surface area contributed by atoms with E-state index in [9.17, 15) is 4.79 Å². The van der Waals surface area contributed by atoms with Crippen LogP contribution in [0.4, 0.5) is 0 Å². The molecule has 0 aliphatic carbocycles. The van der Waals surface area contributed by atoms with E-state index < -0.39 is 5.91 Å². The number of carbonyl (C=O) groups is 1. The molecule has 0 bridgehead atoms. The van der Waals surface area contributed by atoms with Crippen LogP contribution in [0, 0.1) is 6.92 Å². The predicted molar refractivity (Wildman–Crippen MR) is 72.1 cm³/mol. The molecule has 0 radical (unpaired) electrons. The van der Waals surface area contributed by atoms with Gasteiger partial charge < -0.3 is 10.5 Å². The maximum Gasteiger partial charge on any atom is 0.267 e. The second-order valence-electron chi connectivity index (χ2n) is 3.90. The van der Waals surface area contributed by atoms with Crippen LogP contribution in [-0.4, -0.2) is 29.4 Å². The van der Waals surface area contributed by atoms with Crippen LogP contribution < -0.4 is 5.73 Å². The van der Waals surface area contributed by atoms with Gasteiger partial charge in [0.25, 0.3) is 5.91 Å². The molecule has 0 aliphatic rings. The normalized spacial score (nSPS) is 10.3. The van der Waals surface area contributed by atoms with Crippen molar-refractivity contribution >= 4 is 29.2 Å². The topological polar surface area (TPSA) is 70.1 Å². The van der Waals surface area contributed by atoms with Crippen LogP contribution in [0.5, 0.6) is 0 Å². The highest BCUT2D eigenvalue weighted by Gasteiger charge is 2.17. The Balaban J connectivity index is 0.00000162. The number of hydrogen-bond donors (Lipinski definition) is 1. The molecule has 2 aromatic rings. The van der Waals surface area contributed by atoms with Gasteiger partial charge in [-0.05, 0) is 18.6 Å². The second-order valence-corrected chi connectivity index (χ2v) is 3.90. The van der Waals surface area contributed by atoms with Gasteiger partial charge in [0.05, 0.1) is 18.7 Å². The molecule has 2 rings (SSSR count). The zero-order chi connectivity index (χ0) is 12.4. The van der Waals surface area contributed by atoms with Crippen molar-refractivity contribution in [1.29, 1.82) is 0 Å². The second kappa shape index (κ2) is 5.84. The van der Waals surface area contributed by atoms with Gasteiger partial charge >= 0.3 is 0 Å². The molecule has 0 fully saturated rings. The third kappa shape index (κ3) is 2.47. The fraction of sp³-hybridized carbons (Fsp3) is 0.333. The predicted octanol–water partition coefficient (Wildman–Crippen LogP) is 1.51. The monoisotopic (exact) mass is 269 g/mol. The SMILES string of the molecule is COCCn1nc2cccc(C)c2c1C(N)=O.Cl. The lowest BCUT2D eigenvalue weighted by Gasteiger charge is -2.04. The lowest BCUT2D eigenvalue weighted by atomic mass is 10.1. The number of benzene rings is 1. The Bertz CT molecular complexity index is 566. The van der Waals surface area contributed by atoms with Gasteiger partial charge in [0, 0.05) is 12.5 Å². The number of hydrogen-bond acceptors (Lipinski definition) is 3. The molecule has 0 unspecified atom stereocenters. The first-order valence-corrected chi connectivity index (χ1v) is 5.40. The molecular weight excluding hydrogens is 254 g/mol. The summed E-state index contributed by atoms with van der Waals surface area (Å²) in [7, 11) is 1.61. The van der Waals surface area contributed by atoms with E-state index in [0.717, 1.165) is 16.5 Å². The Hall–Kier alpha value is -1.59. The number of nitrogens with zero attached hydrogens (tertiary/aromatic N) is 2. The number of rotatable bonds is 4. The van der Waals surface area contributed by atoms with Gasteiger partial charge in [-0.15, -0.1) is 12.4 Å². The molecule has 1 heterocycles. The summed E-state index contributed by atoms with van der Waals surface area (Å²) in [5.41, 5.74) is 7.67. The van der Waals surface area contributed by atoms with Crippen LogP contribution >= 0.6 is 12.4 Å². The van der Waals surface area contributed by atoms with Gasteiger partial charge in [0.2, 0.25) is 0 Å². The van der Waals surface area contributed by atoms with Gasteiger partial charge in [-0.1, -0.05) is 12.1 Å². The number of fused-ring (bicyclic) bond motifs is 1. The molecule has 6 heteroatoms. The molecule has 1 amide bonds. The van der Waals surface area contributed by atoms with Crippen LogP contribution in [-0.2, 0) is 11.3 Å². The van der Waals surface area contributed by atoms with Crippen molar-refractivity contribution in [2.45, 2.75) is 13.5 Å². The number of amides is 1. The largest absolute Gasteiger partial charge is 0.383 e. The van der Waals surface area contributed by atoms with Crippen molar-refractivity contribution in [1.82, 2.24) is 9.78 Å². The van der Waals surface area contributed by atoms with Crippen LogP contribution in [0.2, 0.25) is 0 Å². The summed E-state index contributed by atoms with van der Waals surface area (Å²) in [6.45, 7) is 2.95. The number of nitrogens with two attached hydrogens (primary N) is 1. The van der Waals surface area contributed by atoms with Crippen molar-refractivity contribution in [3.63, 3.8) is 0 Å². The highest BCUT2D eigenvalue weighted by Crippen LogP contribution is 2.21. The van der Waals surface area contributed by atoms with Gasteiger partial charge in [-0.3, -0.25) is 9.48 Å². The fourth-order valence-electron chi connectivity index (χ4n) is 1.94. The summed E-state index contributed by atoms with van der Waals surface area (Å²) in [5.74, 6) is -0.460. The first-order valence-electron chi connectivity index (χ1n) is 5.40. The molecule has 0 atom stereocenters. The van der Waals surface area contributed by atoms with Gasteiger partial charge in [0.15, 0.2) is 0 Å². The zero-order valence-corrected chi connectivity index (χ0v) is 11.2. The minimum Gasteiger partial charge on any atom is -0.383 e. The van der Waals surface area contributed by atoms with Crippen molar-refractivity contribution in [3.05, 3.63) is 29.5 Å². The van der Waals surface area contributed by atoms with E-state index in [1.54, 1.807) is 11.8 Å². The van der Waals surface area contributed by atoms with E-state index in [0.29, 0.717) is 18.8 Å². The number of halogens is 1. The third-order valence-corrected chi connectivity index (χ3v) is 2.71. The van der Waals surface area contributed by atoms with E-state index in [1.807, 2.05) is 25.1 Å². The molecule has 98 valence electrons. The van der Waals surface area contributed by atoms with Gasteiger partial charge in [-0.25, -0.2) is 0 Å². The first-order chi connectivity index (χ1) is 8.15. The molecule has 1 aromatic carbocycles. The van der Waals surface area contributed by atoms with Crippen LogP contribution in [0.1, 0.15) is 16.1 Å². The minimum atomic E-state index is -0.460. The van der Waals surface area contributed by atoms with Crippen LogP contribution in [0.25, 0.3) is 10.9 Å². The molecule has 0 spiro atoms. The highest BCUT2D eigenvalue weighted by molar-refractivity contribution is 6.05. The molecule has 0 aliphatic heterocycles. The summed E-state index contributed by atoms with van der Waals surface area (Å²) < 4.78 is 6.61. The van der Waals surface area contributed by atoms with Crippen molar-refractivity contribution in [2.75, 3.05) is 13.7 Å². The summed E-state index contributed by atoms with van der Waals surface area (Å²) >= 11 is 0. The van der Waals surface area contributed by atoms with Crippen molar-refractivity contribution in [2.24, 2.45) is 5.73 Å². The highest BCUT2D eigenvalue weighted by atomic mass is 35.5. The van der Waals surface area contributed by atoms with Crippen molar-refractivity contribution in [3.8, 4) is 0 Å². The minimum absolute atomic E-state index is 0. The summed E-state index contributed by atoms with van der Waals surface area (Å²) in [4.78, 5) is 11.5. The maximum atomic E-state index is 11.5. The van der Waals surface area contributed by atoms with E-state index in [1.165, 1.54) is 0 Å². The van der Waals surface area contributed by atoms with E-state index >= 15 is 0 Å². The van der Waals surface area contributed by atoms with Crippen LogP contribution in [0.3, 0.4) is 0 Å². The van der Waals surface area contributed by atoms with E-state index in [-0.39, 0.29) is 12.4 Å². The molecule has 5 nitrogen and oxygen atoms in total. The maximum absolute atomic E-state index is 11.5. The van der Waals surface area contributed by atoms with E-state index in [2.05, 4.69) is 5.10 Å². The Labute approximate surface area is 111 Å². The fourth-order valence-corrected chi connectivity index (χ4v) is 1.94. The van der Waals surface area contributed by atoms with Gasteiger partial charge in [-0.2, -0.15) is 5.10 Å². The molecule has 1 aromatic heterocycles. The summed E-state index contributed by atoms with van der Waals surface area (Å²) in [6.07, 6.45) is 0. The quantitative estimate of drug-likeness (QED) is 0.915. The summed E-state index contributed by atoms with van der Waals surface area (Å²) in [6, 6.07) is 5.73. The molecule has 0 saturated heterocycles. The molecule has 2 N–H and O–H groups in total. The zero-order valence-electron chi connectivity index (χ0n) is 10.3. The Kier molecular flexibility index (Phi) is 4.69. The number of ether oxygens (including phenoxy) is 1. The van der Waals surface area contributed by atoms with Crippen LogP contribution in [0.15, 0.2) is 18.2 Å². The number of aryl methyl sites for hydroxylation is 1. The van der Waals surface area contributed by atoms with Crippen molar-refractivity contribution < 1.29 is 9.53 Å². The lowest BCUT2D eigenvalue weighted by Crippen LogP contribution is -2.19. The van der Waals surface area contributed by atoms with E-state index in [4.69, 9.17) is 10.5 Å². The average molecular weight is 270 g/mol. The number of methoxy groups -OCH3 is 1. The number of aromatic nitrogens is 2. The molecule has 18 heavy (non-hydrogen) atoms. The standard InChI is InChI=1S/C12H15N3O2.ClH/c1-8-4-3-5-9-10(8)11(12(13)16)15(14-9)6-7-17-2;/h3-5H,6-7H2,1-2H3,(H2,13,16);1H. The molecule has 0 saturated carbocycles. The number of primary amides is 1. The smallest absolute Gasteiger partial charge is 0.267 e. The lowest BCUT2D eigenvalue weighted by molar-refractivity contribution is 0.0988. The Morgan fingerprint density at radius 3 is 2.83 bits per heavy atom. The molecular formula is C12H16ClN3O2. The van der Waals surface area contributed by atoms with Gasteiger partial charge in [0.1, 0.15) is 5.69 Å². The summed E-state index contributed by atoms with van der Waals surface area (Å²) in [5, 5.41) is 5.20. The first kappa shape index (κ1) is 14.5. The number of carbonyl (C=O) groups excluding carboxylic acids is 1. The Morgan fingerprint density at radius 1 is 1.50 bits per heavy atom. The Morgan fingerprint density at radius 2 is 2.22 bits per heavy atom. The average Bonchev–Trinajstić information content (AvgIpc) is 2.66.